The van der Waals surface area contributed by atoms with E-state index in [2.05, 4.69) is 57.4 Å². The van der Waals surface area contributed by atoms with E-state index in [-0.39, 0.29) is 12.6 Å². The molecule has 0 bridgehead atoms. The van der Waals surface area contributed by atoms with Gasteiger partial charge < -0.3 is 19.7 Å². The second-order valence-electron chi connectivity index (χ2n) is 7.07. The maximum Gasteiger partial charge on any atom is 0.343 e. The quantitative estimate of drug-likeness (QED) is 0.761. The highest BCUT2D eigenvalue weighted by Gasteiger charge is 2.22. The van der Waals surface area contributed by atoms with Crippen LogP contribution in [0.2, 0.25) is 0 Å². The lowest BCUT2D eigenvalue weighted by Gasteiger charge is -2.19. The normalized spacial score (nSPS) is 16.4. The van der Waals surface area contributed by atoms with E-state index in [1.807, 2.05) is 13.8 Å². The van der Waals surface area contributed by atoms with Crippen molar-refractivity contribution >= 4 is 11.7 Å². The zero-order valence-corrected chi connectivity index (χ0v) is 16.3. The molecule has 2 aromatic rings. The van der Waals surface area contributed by atoms with Crippen LogP contribution in [-0.4, -0.2) is 38.8 Å². The van der Waals surface area contributed by atoms with Crippen molar-refractivity contribution in [3.8, 4) is 5.75 Å². The smallest absolute Gasteiger partial charge is 0.343 e. The van der Waals surface area contributed by atoms with Gasteiger partial charge in [0.1, 0.15) is 5.75 Å². The predicted molar refractivity (Wildman–Crippen MR) is 107 cm³/mol. The fourth-order valence-corrected chi connectivity index (χ4v) is 3.62. The van der Waals surface area contributed by atoms with Gasteiger partial charge in [-0.1, -0.05) is 30.3 Å². The third-order valence-corrected chi connectivity index (χ3v) is 4.99. The Morgan fingerprint density at radius 1 is 1.19 bits per heavy atom. The molecule has 1 unspecified atom stereocenters. The van der Waals surface area contributed by atoms with Crippen LogP contribution < -0.4 is 15.0 Å². The van der Waals surface area contributed by atoms with Gasteiger partial charge in [-0.3, -0.25) is 0 Å². The Hall–Kier alpha value is -2.53. The standard InChI is InChI=1S/C22H28N2O3/c1-16-11-18(12-17(2)22(16)27-15-21(25)26-3)13-23-19-9-10-24(14-19)20-7-5-4-6-8-20/h4-8,11-12,19,23H,9-10,13-15H2,1-3H3. The molecule has 1 saturated heterocycles. The highest BCUT2D eigenvalue weighted by Crippen LogP contribution is 2.25. The van der Waals surface area contributed by atoms with Crippen LogP contribution in [0, 0.1) is 13.8 Å². The summed E-state index contributed by atoms with van der Waals surface area (Å²) in [4.78, 5) is 13.7. The first-order valence-corrected chi connectivity index (χ1v) is 9.40. The van der Waals surface area contributed by atoms with E-state index in [1.54, 1.807) is 0 Å². The molecule has 0 saturated carbocycles. The number of methoxy groups -OCH3 is 1. The molecule has 1 N–H and O–H groups in total. The largest absolute Gasteiger partial charge is 0.481 e. The van der Waals surface area contributed by atoms with Crippen LogP contribution in [0.5, 0.6) is 5.75 Å². The summed E-state index contributed by atoms with van der Waals surface area (Å²) in [6.07, 6.45) is 1.15. The highest BCUT2D eigenvalue weighted by molar-refractivity contribution is 5.71. The molecule has 0 amide bonds. The summed E-state index contributed by atoms with van der Waals surface area (Å²) >= 11 is 0. The molecular weight excluding hydrogens is 340 g/mol. The van der Waals surface area contributed by atoms with Crippen LogP contribution in [0.4, 0.5) is 5.69 Å². The summed E-state index contributed by atoms with van der Waals surface area (Å²) in [6.45, 7) is 6.90. The van der Waals surface area contributed by atoms with Gasteiger partial charge in [0.25, 0.3) is 0 Å². The third kappa shape index (κ3) is 5.01. The summed E-state index contributed by atoms with van der Waals surface area (Å²) in [5.74, 6) is 0.393. The average Bonchev–Trinajstić information content (AvgIpc) is 3.15. The van der Waals surface area contributed by atoms with Crippen LogP contribution >= 0.6 is 0 Å². The van der Waals surface area contributed by atoms with Crippen LogP contribution in [-0.2, 0) is 16.1 Å². The molecule has 0 aromatic heterocycles. The lowest BCUT2D eigenvalue weighted by Crippen LogP contribution is -2.32. The van der Waals surface area contributed by atoms with E-state index in [9.17, 15) is 4.79 Å². The van der Waals surface area contributed by atoms with E-state index in [0.29, 0.717) is 6.04 Å². The molecule has 0 radical (unpaired) electrons. The van der Waals surface area contributed by atoms with Gasteiger partial charge in [-0.05, 0) is 49.1 Å². The zero-order chi connectivity index (χ0) is 19.2. The van der Waals surface area contributed by atoms with Crippen molar-refractivity contribution in [3.05, 3.63) is 59.2 Å². The molecular formula is C22H28N2O3. The van der Waals surface area contributed by atoms with Gasteiger partial charge in [0.05, 0.1) is 7.11 Å². The monoisotopic (exact) mass is 368 g/mol. The van der Waals surface area contributed by atoms with E-state index >= 15 is 0 Å². The van der Waals surface area contributed by atoms with Crippen LogP contribution in [0.25, 0.3) is 0 Å². The fourth-order valence-electron chi connectivity index (χ4n) is 3.62. The van der Waals surface area contributed by atoms with E-state index in [1.165, 1.54) is 18.4 Å². The molecule has 0 spiro atoms. The first-order chi connectivity index (χ1) is 13.1. The van der Waals surface area contributed by atoms with Gasteiger partial charge in [-0.15, -0.1) is 0 Å². The fraction of sp³-hybridized carbons (Fsp3) is 0.409. The van der Waals surface area contributed by atoms with Gasteiger partial charge in [0, 0.05) is 31.4 Å². The number of ether oxygens (including phenoxy) is 2. The summed E-state index contributed by atoms with van der Waals surface area (Å²) in [7, 11) is 1.36. The topological polar surface area (TPSA) is 50.8 Å². The lowest BCUT2D eigenvalue weighted by molar-refractivity contribution is -0.142. The molecule has 5 heteroatoms. The Balaban J connectivity index is 1.55. The zero-order valence-electron chi connectivity index (χ0n) is 16.3. The Morgan fingerprint density at radius 3 is 2.56 bits per heavy atom. The molecule has 1 aliphatic rings. The van der Waals surface area contributed by atoms with Crippen molar-refractivity contribution in [3.63, 3.8) is 0 Å². The summed E-state index contributed by atoms with van der Waals surface area (Å²) in [5.41, 5.74) is 4.59. The third-order valence-electron chi connectivity index (χ3n) is 4.99. The Kier molecular flexibility index (Phi) is 6.35. The Bertz CT molecular complexity index is 753. The maximum absolute atomic E-state index is 11.3. The van der Waals surface area contributed by atoms with Crippen molar-refractivity contribution < 1.29 is 14.3 Å². The lowest BCUT2D eigenvalue weighted by atomic mass is 10.1. The number of carbonyl (C=O) groups is 1. The second kappa shape index (κ2) is 8.91. The number of carbonyl (C=O) groups excluding carboxylic acids is 1. The van der Waals surface area contributed by atoms with Crippen LogP contribution in [0.3, 0.4) is 0 Å². The molecule has 0 aliphatic carbocycles. The maximum atomic E-state index is 11.3. The minimum absolute atomic E-state index is 0.0623. The number of aryl methyl sites for hydroxylation is 2. The van der Waals surface area contributed by atoms with Gasteiger partial charge in [0.15, 0.2) is 6.61 Å². The van der Waals surface area contributed by atoms with Gasteiger partial charge >= 0.3 is 5.97 Å². The summed E-state index contributed by atoms with van der Waals surface area (Å²) in [6, 6.07) is 15.3. The van der Waals surface area contributed by atoms with E-state index in [4.69, 9.17) is 4.74 Å². The van der Waals surface area contributed by atoms with Crippen LogP contribution in [0.1, 0.15) is 23.1 Å². The summed E-state index contributed by atoms with van der Waals surface area (Å²) in [5, 5.41) is 3.67. The molecule has 3 rings (SSSR count). The molecule has 27 heavy (non-hydrogen) atoms. The number of hydrogen-bond donors (Lipinski definition) is 1. The molecule has 144 valence electrons. The van der Waals surface area contributed by atoms with Gasteiger partial charge in [-0.2, -0.15) is 0 Å². The number of rotatable bonds is 7. The number of para-hydroxylation sites is 1. The molecule has 2 aromatic carbocycles. The Labute approximate surface area is 161 Å². The van der Waals surface area contributed by atoms with Gasteiger partial charge in [0.2, 0.25) is 0 Å². The molecule has 1 atom stereocenters. The molecule has 1 fully saturated rings. The minimum Gasteiger partial charge on any atom is -0.481 e. The molecule has 1 heterocycles. The SMILES string of the molecule is COC(=O)COc1c(C)cc(CNC2CCN(c3ccccc3)C2)cc1C. The number of benzene rings is 2. The Morgan fingerprint density at radius 2 is 1.89 bits per heavy atom. The summed E-state index contributed by atoms with van der Waals surface area (Å²) < 4.78 is 10.2. The van der Waals surface area contributed by atoms with Crippen molar-refractivity contribution in [2.75, 3.05) is 31.7 Å². The van der Waals surface area contributed by atoms with Crippen LogP contribution in [0.15, 0.2) is 42.5 Å². The average molecular weight is 368 g/mol. The predicted octanol–water partition coefficient (Wildman–Crippen LogP) is 3.22. The van der Waals surface area contributed by atoms with Crippen molar-refractivity contribution in [1.29, 1.82) is 0 Å². The first kappa shape index (κ1) is 19.2. The van der Waals surface area contributed by atoms with Gasteiger partial charge in [-0.25, -0.2) is 4.79 Å². The number of nitrogens with one attached hydrogen (secondary N) is 1. The number of hydrogen-bond acceptors (Lipinski definition) is 5. The second-order valence-corrected chi connectivity index (χ2v) is 7.07. The number of esters is 1. The van der Waals surface area contributed by atoms with Crippen molar-refractivity contribution in [1.82, 2.24) is 5.32 Å². The number of nitrogens with zero attached hydrogens (tertiary/aromatic N) is 1. The highest BCUT2D eigenvalue weighted by atomic mass is 16.6. The number of anilines is 1. The van der Waals surface area contributed by atoms with Crippen molar-refractivity contribution in [2.45, 2.75) is 32.9 Å². The first-order valence-electron chi connectivity index (χ1n) is 9.40. The van der Waals surface area contributed by atoms with Crippen molar-refractivity contribution in [2.24, 2.45) is 0 Å². The van der Waals surface area contributed by atoms with E-state index < -0.39 is 0 Å². The minimum atomic E-state index is -0.372. The molecule has 5 nitrogen and oxygen atoms in total. The molecule has 1 aliphatic heterocycles. The van der Waals surface area contributed by atoms with E-state index in [0.717, 1.165) is 42.9 Å².